The molecule has 0 unspecified atom stereocenters. The molecule has 0 aromatic carbocycles. The molecule has 0 N–H and O–H groups in total. The summed E-state index contributed by atoms with van der Waals surface area (Å²) in [7, 11) is 0. The van der Waals surface area contributed by atoms with Gasteiger partial charge in [0.2, 0.25) is 0 Å². The molecule has 1 aliphatic heterocycles. The molecule has 0 atom stereocenters. The Balaban J connectivity index is 2.09. The highest BCUT2D eigenvalue weighted by atomic mass is 35.5. The Bertz CT molecular complexity index is 141. The van der Waals surface area contributed by atoms with E-state index in [1.807, 2.05) is 0 Å². The number of ether oxygens (including phenoxy) is 2. The first kappa shape index (κ1) is 10.0. The summed E-state index contributed by atoms with van der Waals surface area (Å²) in [5.74, 6) is 0.489. The van der Waals surface area contributed by atoms with Gasteiger partial charge in [-0.3, -0.25) is 0 Å². The van der Waals surface area contributed by atoms with E-state index in [-0.39, 0.29) is 0 Å². The summed E-state index contributed by atoms with van der Waals surface area (Å²) < 4.78 is 10.8. The third kappa shape index (κ3) is 3.57. The first-order valence-corrected chi connectivity index (χ1v) is 4.78. The van der Waals surface area contributed by atoms with Crippen molar-refractivity contribution in [1.29, 1.82) is 0 Å². The minimum atomic E-state index is 0.346. The zero-order chi connectivity index (χ0) is 8.81. The Kier molecular flexibility index (Phi) is 4.66. The van der Waals surface area contributed by atoms with Crippen molar-refractivity contribution in [2.75, 3.05) is 25.7 Å². The Hall–Kier alpha value is -0.0500. The summed E-state index contributed by atoms with van der Waals surface area (Å²) in [6.45, 7) is 6.00. The fraction of sp³-hybridized carbons (Fsp3) is 0.778. The van der Waals surface area contributed by atoms with Gasteiger partial charge in [-0.05, 0) is 18.4 Å². The summed E-state index contributed by atoms with van der Waals surface area (Å²) in [6.07, 6.45) is 2.34. The van der Waals surface area contributed by atoms with Crippen LogP contribution in [0.25, 0.3) is 0 Å². The Morgan fingerprint density at radius 2 is 2.17 bits per heavy atom. The summed E-state index contributed by atoms with van der Waals surface area (Å²) >= 11 is 5.57. The lowest BCUT2D eigenvalue weighted by molar-refractivity contribution is -0.0240. The van der Waals surface area contributed by atoms with Crippen LogP contribution in [0.1, 0.15) is 12.8 Å². The highest BCUT2D eigenvalue weighted by Crippen LogP contribution is 2.11. The molecule has 3 heteroatoms. The quantitative estimate of drug-likeness (QED) is 0.499. The van der Waals surface area contributed by atoms with Crippen molar-refractivity contribution in [1.82, 2.24) is 0 Å². The molecule has 70 valence electrons. The monoisotopic (exact) mass is 190 g/mol. The van der Waals surface area contributed by atoms with Crippen molar-refractivity contribution in [3.8, 4) is 0 Å². The van der Waals surface area contributed by atoms with Crippen molar-refractivity contribution in [3.63, 3.8) is 0 Å². The molecule has 0 bridgehead atoms. The van der Waals surface area contributed by atoms with Crippen molar-refractivity contribution < 1.29 is 9.47 Å². The van der Waals surface area contributed by atoms with E-state index in [1.165, 1.54) is 0 Å². The van der Waals surface area contributed by atoms with E-state index < -0.39 is 0 Å². The fourth-order valence-electron chi connectivity index (χ4n) is 1.12. The van der Waals surface area contributed by atoms with Gasteiger partial charge in [-0.1, -0.05) is 6.58 Å². The average Bonchev–Trinajstić information content (AvgIpc) is 2.16. The summed E-state index contributed by atoms with van der Waals surface area (Å²) in [4.78, 5) is 0. The third-order valence-corrected chi connectivity index (χ3v) is 2.26. The van der Waals surface area contributed by atoms with Crippen molar-refractivity contribution in [2.24, 2.45) is 0 Å². The third-order valence-electron chi connectivity index (χ3n) is 1.88. The van der Waals surface area contributed by atoms with E-state index in [0.29, 0.717) is 18.6 Å². The zero-order valence-electron chi connectivity index (χ0n) is 7.22. The van der Waals surface area contributed by atoms with Crippen LogP contribution in [0.5, 0.6) is 0 Å². The summed E-state index contributed by atoms with van der Waals surface area (Å²) in [6, 6.07) is 0. The molecule has 0 spiro atoms. The molecule has 0 amide bonds. The molecule has 1 fully saturated rings. The number of rotatable bonds is 4. The molecular weight excluding hydrogens is 176 g/mol. The van der Waals surface area contributed by atoms with Crippen molar-refractivity contribution >= 4 is 11.6 Å². The van der Waals surface area contributed by atoms with Crippen LogP contribution in [0.2, 0.25) is 0 Å². The number of hydrogen-bond donors (Lipinski definition) is 0. The number of alkyl halides is 1. The molecule has 1 rings (SSSR count). The predicted molar refractivity (Wildman–Crippen MR) is 49.7 cm³/mol. The van der Waals surface area contributed by atoms with Gasteiger partial charge in [-0.2, -0.15) is 0 Å². The molecule has 1 saturated heterocycles. The lowest BCUT2D eigenvalue weighted by Gasteiger charge is -2.22. The van der Waals surface area contributed by atoms with E-state index in [9.17, 15) is 0 Å². The SMILES string of the molecule is C=C(CCl)COC1CCOCC1. The first-order chi connectivity index (χ1) is 5.83. The molecule has 0 aliphatic carbocycles. The molecular formula is C9H15ClO2. The molecule has 12 heavy (non-hydrogen) atoms. The Morgan fingerprint density at radius 3 is 2.75 bits per heavy atom. The van der Waals surface area contributed by atoms with Gasteiger partial charge in [-0.15, -0.1) is 11.6 Å². The van der Waals surface area contributed by atoms with Gasteiger partial charge >= 0.3 is 0 Å². The highest BCUT2D eigenvalue weighted by molar-refractivity contribution is 6.19. The molecule has 2 nitrogen and oxygen atoms in total. The number of hydrogen-bond acceptors (Lipinski definition) is 2. The smallest absolute Gasteiger partial charge is 0.0689 e. The van der Waals surface area contributed by atoms with Gasteiger partial charge < -0.3 is 9.47 Å². The lowest BCUT2D eigenvalue weighted by atomic mass is 10.1. The van der Waals surface area contributed by atoms with Crippen LogP contribution in [-0.4, -0.2) is 31.8 Å². The summed E-state index contributed by atoms with van der Waals surface area (Å²) in [5, 5.41) is 0. The molecule has 1 heterocycles. The highest BCUT2D eigenvalue weighted by Gasteiger charge is 2.13. The first-order valence-electron chi connectivity index (χ1n) is 4.25. The van der Waals surface area contributed by atoms with Gasteiger partial charge in [0.1, 0.15) is 0 Å². The van der Waals surface area contributed by atoms with Gasteiger partial charge in [-0.25, -0.2) is 0 Å². The lowest BCUT2D eigenvalue weighted by Crippen LogP contribution is -2.24. The molecule has 0 radical (unpaired) electrons. The molecule has 0 aromatic heterocycles. The Morgan fingerprint density at radius 1 is 1.50 bits per heavy atom. The van der Waals surface area contributed by atoms with E-state index in [0.717, 1.165) is 31.6 Å². The Labute approximate surface area is 78.5 Å². The van der Waals surface area contributed by atoms with Crippen LogP contribution < -0.4 is 0 Å². The van der Waals surface area contributed by atoms with E-state index in [2.05, 4.69) is 6.58 Å². The maximum atomic E-state index is 5.57. The van der Waals surface area contributed by atoms with Crippen LogP contribution in [0.4, 0.5) is 0 Å². The van der Waals surface area contributed by atoms with Crippen LogP contribution >= 0.6 is 11.6 Å². The largest absolute Gasteiger partial charge is 0.381 e. The van der Waals surface area contributed by atoms with Crippen LogP contribution in [-0.2, 0) is 9.47 Å². The van der Waals surface area contributed by atoms with E-state index >= 15 is 0 Å². The van der Waals surface area contributed by atoms with E-state index in [1.54, 1.807) is 0 Å². The van der Waals surface area contributed by atoms with Crippen molar-refractivity contribution in [3.05, 3.63) is 12.2 Å². The van der Waals surface area contributed by atoms with Crippen LogP contribution in [0, 0.1) is 0 Å². The molecule has 0 saturated carbocycles. The summed E-state index contributed by atoms with van der Waals surface area (Å²) in [5.41, 5.74) is 0.947. The van der Waals surface area contributed by atoms with Crippen molar-refractivity contribution in [2.45, 2.75) is 18.9 Å². The predicted octanol–water partition coefficient (Wildman–Crippen LogP) is 1.98. The topological polar surface area (TPSA) is 18.5 Å². The average molecular weight is 191 g/mol. The minimum absolute atomic E-state index is 0.346. The molecule has 0 aromatic rings. The minimum Gasteiger partial charge on any atom is -0.381 e. The maximum Gasteiger partial charge on any atom is 0.0689 e. The normalized spacial score (nSPS) is 19.4. The molecule has 1 aliphatic rings. The van der Waals surface area contributed by atoms with Crippen LogP contribution in [0.3, 0.4) is 0 Å². The zero-order valence-corrected chi connectivity index (χ0v) is 7.98. The van der Waals surface area contributed by atoms with Gasteiger partial charge in [0.25, 0.3) is 0 Å². The van der Waals surface area contributed by atoms with E-state index in [4.69, 9.17) is 21.1 Å². The van der Waals surface area contributed by atoms with Gasteiger partial charge in [0.05, 0.1) is 12.7 Å². The van der Waals surface area contributed by atoms with Crippen LogP contribution in [0.15, 0.2) is 12.2 Å². The fourth-order valence-corrected chi connectivity index (χ4v) is 1.19. The maximum absolute atomic E-state index is 5.57. The second kappa shape index (κ2) is 5.57. The standard InChI is InChI=1S/C9H15ClO2/c1-8(6-10)7-12-9-2-4-11-5-3-9/h9H,1-7H2. The second-order valence-electron chi connectivity index (χ2n) is 3.01. The second-order valence-corrected chi connectivity index (χ2v) is 3.27. The van der Waals surface area contributed by atoms with Gasteiger partial charge in [0, 0.05) is 19.1 Å². The van der Waals surface area contributed by atoms with Gasteiger partial charge in [0.15, 0.2) is 0 Å². The number of halogens is 1.